The number of hydrogen-bond donors (Lipinski definition) is 1. The van der Waals surface area contributed by atoms with Crippen molar-refractivity contribution in [2.75, 3.05) is 11.4 Å². The molecule has 6 rings (SSSR count). The van der Waals surface area contributed by atoms with Gasteiger partial charge >= 0.3 is 0 Å². The van der Waals surface area contributed by atoms with Crippen LogP contribution in [0.3, 0.4) is 0 Å². The Morgan fingerprint density at radius 3 is 3.03 bits per heavy atom. The number of anilines is 1. The molecule has 1 fully saturated rings. The summed E-state index contributed by atoms with van der Waals surface area (Å²) >= 11 is 0. The van der Waals surface area contributed by atoms with Crippen molar-refractivity contribution in [1.82, 2.24) is 19.9 Å². The Balaban J connectivity index is 1.56. The molecule has 1 aliphatic carbocycles. The molecule has 8 nitrogen and oxygen atoms in total. The van der Waals surface area contributed by atoms with Crippen LogP contribution in [0.2, 0.25) is 0 Å². The molecule has 1 N–H and O–H groups in total. The van der Waals surface area contributed by atoms with E-state index in [-0.39, 0.29) is 30.0 Å². The summed E-state index contributed by atoms with van der Waals surface area (Å²) in [6.45, 7) is 2.61. The molecule has 0 saturated heterocycles. The Kier molecular flexibility index (Phi) is 4.06. The zero-order valence-corrected chi connectivity index (χ0v) is 17.0. The molecule has 3 atom stereocenters. The van der Waals surface area contributed by atoms with Crippen molar-refractivity contribution >= 4 is 17.4 Å². The summed E-state index contributed by atoms with van der Waals surface area (Å²) in [5.74, 6) is 1.29. The quantitative estimate of drug-likeness (QED) is 0.599. The van der Waals surface area contributed by atoms with E-state index in [0.717, 1.165) is 24.8 Å². The van der Waals surface area contributed by atoms with Crippen molar-refractivity contribution in [1.29, 1.82) is 0 Å². The molecule has 0 unspecified atom stereocenters. The molecule has 2 aromatic heterocycles. The minimum atomic E-state index is -0.314. The van der Waals surface area contributed by atoms with E-state index in [1.807, 2.05) is 6.92 Å². The predicted molar refractivity (Wildman–Crippen MR) is 110 cm³/mol. The minimum Gasteiger partial charge on any atom is -0.489 e. The molecule has 0 radical (unpaired) electrons. The van der Waals surface area contributed by atoms with Gasteiger partial charge in [-0.1, -0.05) is 0 Å². The number of fused-ring (bicyclic) bond motifs is 3. The Labute approximate surface area is 178 Å². The van der Waals surface area contributed by atoms with Gasteiger partial charge in [0.25, 0.3) is 5.91 Å². The second kappa shape index (κ2) is 6.83. The number of rotatable bonds is 0. The lowest BCUT2D eigenvalue weighted by Gasteiger charge is -2.39. The van der Waals surface area contributed by atoms with Gasteiger partial charge in [-0.15, -0.1) is 0 Å². The standard InChI is InChI=1S/C22H22FN5O3/c1-12-8-24-22(29)15-9-25-28-11-19-21(26-20(15)28)27(16-3-2-4-18(16)31-19)10-13-7-14(23)5-6-17(13)30-12/h5-7,9,11-12,16,18H,2-4,8,10H2,1H3,(H,24,29)/t12-,16+,18-/m0/s1. The minimum absolute atomic E-state index is 0.0395. The number of halogens is 1. The lowest BCUT2D eigenvalue weighted by atomic mass is 10.1. The molecule has 1 aromatic carbocycles. The van der Waals surface area contributed by atoms with Crippen LogP contribution < -0.4 is 19.7 Å². The molecule has 160 valence electrons. The highest BCUT2D eigenvalue weighted by atomic mass is 19.1. The number of aromatic nitrogens is 3. The van der Waals surface area contributed by atoms with Crippen molar-refractivity contribution in [3.8, 4) is 11.5 Å². The van der Waals surface area contributed by atoms with E-state index in [0.29, 0.717) is 41.6 Å². The smallest absolute Gasteiger partial charge is 0.256 e. The first-order chi connectivity index (χ1) is 15.1. The molecule has 31 heavy (non-hydrogen) atoms. The van der Waals surface area contributed by atoms with Crippen LogP contribution in [0, 0.1) is 5.82 Å². The van der Waals surface area contributed by atoms with Crippen molar-refractivity contribution in [3.05, 3.63) is 47.5 Å². The van der Waals surface area contributed by atoms with Crippen LogP contribution >= 0.6 is 0 Å². The van der Waals surface area contributed by atoms with Gasteiger partial charge in [0.2, 0.25) is 0 Å². The second-order valence-electron chi connectivity index (χ2n) is 8.43. The van der Waals surface area contributed by atoms with Crippen molar-refractivity contribution in [2.24, 2.45) is 0 Å². The van der Waals surface area contributed by atoms with Crippen molar-refractivity contribution < 1.29 is 18.7 Å². The van der Waals surface area contributed by atoms with E-state index in [9.17, 15) is 9.18 Å². The summed E-state index contributed by atoms with van der Waals surface area (Å²) in [4.78, 5) is 19.8. The molecular formula is C22H22FN5O3. The maximum Gasteiger partial charge on any atom is 0.256 e. The van der Waals surface area contributed by atoms with Crippen LogP contribution in [0.5, 0.6) is 11.5 Å². The number of carbonyl (C=O) groups excluding carboxylic acids is 1. The van der Waals surface area contributed by atoms with Crippen molar-refractivity contribution in [2.45, 2.75) is 51.0 Å². The van der Waals surface area contributed by atoms with Gasteiger partial charge in [-0.25, -0.2) is 13.9 Å². The van der Waals surface area contributed by atoms with E-state index < -0.39 is 0 Å². The fraction of sp³-hybridized carbons (Fsp3) is 0.409. The van der Waals surface area contributed by atoms with E-state index in [4.69, 9.17) is 14.5 Å². The third-order valence-electron chi connectivity index (χ3n) is 6.30. The molecule has 3 aromatic rings. The number of benzene rings is 1. The first kappa shape index (κ1) is 18.4. The van der Waals surface area contributed by atoms with Crippen LogP contribution in [0.15, 0.2) is 30.6 Å². The average Bonchev–Trinajstić information content (AvgIpc) is 3.38. The first-order valence-electron chi connectivity index (χ1n) is 10.6. The molecule has 2 aliphatic heterocycles. The summed E-state index contributed by atoms with van der Waals surface area (Å²) < 4.78 is 28.1. The normalized spacial score (nSPS) is 24.9. The van der Waals surface area contributed by atoms with Gasteiger partial charge in [0.05, 0.1) is 25.0 Å². The molecule has 2 bridgehead atoms. The topological polar surface area (TPSA) is 81.0 Å². The van der Waals surface area contributed by atoms with Crippen LogP contribution in [0.25, 0.3) is 5.65 Å². The molecule has 1 saturated carbocycles. The fourth-order valence-electron chi connectivity index (χ4n) is 4.81. The number of carbonyl (C=O) groups is 1. The van der Waals surface area contributed by atoms with E-state index in [2.05, 4.69) is 15.3 Å². The lowest BCUT2D eigenvalue weighted by molar-refractivity contribution is 0.0933. The number of amides is 1. The molecule has 4 heterocycles. The zero-order chi connectivity index (χ0) is 21.1. The Morgan fingerprint density at radius 1 is 1.23 bits per heavy atom. The highest BCUT2D eigenvalue weighted by Crippen LogP contribution is 2.42. The SMILES string of the molecule is C[C@H]1CNC(=O)c2cnn3cc4c(nc23)N(Cc2cc(F)ccc2O1)[C@@H]1CCC[C@@H]1O4. The number of nitrogens with one attached hydrogen (secondary N) is 1. The third kappa shape index (κ3) is 2.98. The molecule has 1 amide bonds. The first-order valence-corrected chi connectivity index (χ1v) is 10.6. The highest BCUT2D eigenvalue weighted by molar-refractivity contribution is 5.99. The Bertz CT molecular complexity index is 1200. The Hall–Kier alpha value is -3.36. The summed E-state index contributed by atoms with van der Waals surface area (Å²) in [6, 6.07) is 4.69. The Morgan fingerprint density at radius 2 is 2.13 bits per heavy atom. The third-order valence-corrected chi connectivity index (χ3v) is 6.30. The summed E-state index contributed by atoms with van der Waals surface area (Å²) in [7, 11) is 0. The summed E-state index contributed by atoms with van der Waals surface area (Å²) in [6.07, 6.45) is 6.01. The van der Waals surface area contributed by atoms with Gasteiger partial charge in [-0.2, -0.15) is 5.10 Å². The van der Waals surface area contributed by atoms with Crippen LogP contribution in [0.1, 0.15) is 42.1 Å². The van der Waals surface area contributed by atoms with Crippen LogP contribution in [-0.2, 0) is 6.54 Å². The summed E-state index contributed by atoms with van der Waals surface area (Å²) in [5.41, 5.74) is 1.60. The number of ether oxygens (including phenoxy) is 2. The monoisotopic (exact) mass is 423 g/mol. The van der Waals surface area contributed by atoms with Gasteiger partial charge in [-0.05, 0) is 44.4 Å². The molecule has 9 heteroatoms. The van der Waals surface area contributed by atoms with E-state index >= 15 is 0 Å². The van der Waals surface area contributed by atoms with Gasteiger partial charge in [0.1, 0.15) is 29.3 Å². The van der Waals surface area contributed by atoms with Gasteiger partial charge in [0.15, 0.2) is 17.2 Å². The largest absolute Gasteiger partial charge is 0.489 e. The van der Waals surface area contributed by atoms with Gasteiger partial charge in [-0.3, -0.25) is 4.79 Å². The van der Waals surface area contributed by atoms with E-state index in [1.54, 1.807) is 16.8 Å². The van der Waals surface area contributed by atoms with Crippen LogP contribution in [-0.4, -0.2) is 45.3 Å². The zero-order valence-electron chi connectivity index (χ0n) is 17.0. The predicted octanol–water partition coefficient (Wildman–Crippen LogP) is 2.70. The second-order valence-corrected chi connectivity index (χ2v) is 8.43. The average molecular weight is 423 g/mol. The number of nitrogens with zero attached hydrogens (tertiary/aromatic N) is 4. The highest BCUT2D eigenvalue weighted by Gasteiger charge is 2.41. The molecule has 3 aliphatic rings. The van der Waals surface area contributed by atoms with Gasteiger partial charge < -0.3 is 19.7 Å². The van der Waals surface area contributed by atoms with Crippen LogP contribution in [0.4, 0.5) is 10.2 Å². The molecule has 0 spiro atoms. The van der Waals surface area contributed by atoms with Gasteiger partial charge in [0, 0.05) is 12.1 Å². The van der Waals surface area contributed by atoms with Crippen molar-refractivity contribution in [3.63, 3.8) is 0 Å². The maximum atomic E-state index is 14.2. The molecular weight excluding hydrogens is 401 g/mol. The summed E-state index contributed by atoms with van der Waals surface area (Å²) in [5, 5.41) is 7.19. The maximum absolute atomic E-state index is 14.2. The fourth-order valence-corrected chi connectivity index (χ4v) is 4.81. The van der Waals surface area contributed by atoms with E-state index in [1.165, 1.54) is 18.3 Å². The number of hydrogen-bond acceptors (Lipinski definition) is 6. The lowest BCUT2D eigenvalue weighted by Crippen LogP contribution is -2.47.